The van der Waals surface area contributed by atoms with E-state index in [1.807, 2.05) is 37.3 Å². The number of sulfonamides is 1. The maximum Gasteiger partial charge on any atom is 0.503 e. The van der Waals surface area contributed by atoms with Gasteiger partial charge in [0.2, 0.25) is 0 Å². The summed E-state index contributed by atoms with van der Waals surface area (Å²) in [5, 5.41) is 25.6. The van der Waals surface area contributed by atoms with Gasteiger partial charge in [-0.1, -0.05) is 66.2 Å². The number of nitrogens with two attached hydrogens (primary N) is 1. The molecule has 2 atom stereocenters. The van der Waals surface area contributed by atoms with E-state index in [0.29, 0.717) is 24.2 Å². The van der Waals surface area contributed by atoms with Crippen molar-refractivity contribution in [2.75, 3.05) is 19.7 Å². The van der Waals surface area contributed by atoms with Crippen molar-refractivity contribution in [3.05, 3.63) is 112 Å². The van der Waals surface area contributed by atoms with Gasteiger partial charge in [-0.2, -0.15) is 0 Å². The van der Waals surface area contributed by atoms with Gasteiger partial charge in [-0.3, -0.25) is 25.1 Å². The van der Waals surface area contributed by atoms with E-state index in [4.69, 9.17) is 30.9 Å². The Morgan fingerprint density at radius 1 is 1.04 bits per heavy atom. The van der Waals surface area contributed by atoms with Gasteiger partial charge in [-0.25, -0.2) is 18.0 Å². The summed E-state index contributed by atoms with van der Waals surface area (Å²) >= 11 is 0. The number of ketones is 1. The van der Waals surface area contributed by atoms with E-state index in [1.165, 1.54) is 5.56 Å². The Hall–Kier alpha value is -4.89. The Labute approximate surface area is 291 Å². The van der Waals surface area contributed by atoms with E-state index in [0.717, 1.165) is 36.2 Å². The summed E-state index contributed by atoms with van der Waals surface area (Å²) in [6.07, 6.45) is 1.16. The maximum atomic E-state index is 13.6. The fourth-order valence-electron chi connectivity index (χ4n) is 6.13. The summed E-state index contributed by atoms with van der Waals surface area (Å²) in [5.41, 5.74) is 9.91. The number of carbonyl (C=O) groups excluding carboxylic acids is 2. The first-order valence-corrected chi connectivity index (χ1v) is 17.6. The van der Waals surface area contributed by atoms with Crippen LogP contribution in [0.5, 0.6) is 0 Å². The summed E-state index contributed by atoms with van der Waals surface area (Å²) in [5.74, 6) is -1.43. The molecule has 0 aliphatic carbocycles. The molecule has 13 nitrogen and oxygen atoms in total. The molecular formula is C36H43N5O8S. The first-order valence-electron chi connectivity index (χ1n) is 16.1. The number of carbonyl (C=O) groups is 3. The van der Waals surface area contributed by atoms with Gasteiger partial charge in [-0.15, -0.1) is 0 Å². The Balaban J connectivity index is 0.00000133. The van der Waals surface area contributed by atoms with E-state index >= 15 is 0 Å². The molecule has 0 bridgehead atoms. The Bertz CT molecular complexity index is 1860. The number of rotatable bonds is 11. The van der Waals surface area contributed by atoms with Crippen LogP contribution in [0, 0.1) is 5.41 Å². The second-order valence-corrected chi connectivity index (χ2v) is 13.9. The molecule has 2 aliphatic rings. The lowest BCUT2D eigenvalue weighted by Gasteiger charge is -2.35. The van der Waals surface area contributed by atoms with Crippen LogP contribution in [0.25, 0.3) is 0 Å². The van der Waals surface area contributed by atoms with Gasteiger partial charge in [-0.05, 0) is 67.1 Å². The van der Waals surface area contributed by atoms with Crippen molar-refractivity contribution in [1.82, 2.24) is 14.9 Å². The van der Waals surface area contributed by atoms with E-state index in [1.54, 1.807) is 43.3 Å². The maximum absolute atomic E-state index is 13.6. The minimum atomic E-state index is -4.05. The zero-order chi connectivity index (χ0) is 36.5. The zero-order valence-corrected chi connectivity index (χ0v) is 28.8. The number of carboxylic acid groups (broad SMARTS) is 2. The van der Waals surface area contributed by atoms with Crippen molar-refractivity contribution in [3.8, 4) is 0 Å². The molecule has 0 radical (unpaired) electrons. The van der Waals surface area contributed by atoms with Crippen LogP contribution >= 0.6 is 0 Å². The predicted octanol–water partition coefficient (Wildman–Crippen LogP) is 3.45. The lowest BCUT2D eigenvalue weighted by molar-refractivity contribution is -0.156. The number of Topliss-reactive ketones (excluding diaryl/α,β-unsaturated/α-hetero) is 1. The minimum absolute atomic E-state index is 0.0859. The van der Waals surface area contributed by atoms with E-state index in [2.05, 4.69) is 27.1 Å². The fraction of sp³-hybridized carbons (Fsp3) is 0.333. The second-order valence-electron chi connectivity index (χ2n) is 12.2. The number of hydrogen-bond donors (Lipinski definition) is 6. The number of hydrogen-bond acceptors (Lipinski definition) is 10. The molecule has 0 spiro atoms. The van der Waals surface area contributed by atoms with Gasteiger partial charge >= 0.3 is 12.1 Å². The number of fused-ring (bicyclic) bond motifs is 1. The number of nitrogens with zero attached hydrogens (tertiary/aromatic N) is 1. The Morgan fingerprint density at radius 2 is 1.74 bits per heavy atom. The van der Waals surface area contributed by atoms with Crippen LogP contribution < -0.4 is 15.8 Å². The number of benzene rings is 3. The topological polar surface area (TPSA) is 212 Å². The van der Waals surface area contributed by atoms with E-state index in [9.17, 15) is 18.0 Å². The second kappa shape index (κ2) is 16.7. The minimum Gasteiger partial charge on any atom is -0.464 e. The average molecular weight is 706 g/mol. The van der Waals surface area contributed by atoms with Gasteiger partial charge in [0, 0.05) is 38.2 Å². The zero-order valence-electron chi connectivity index (χ0n) is 28.0. The summed E-state index contributed by atoms with van der Waals surface area (Å²) < 4.78 is 34.4. The van der Waals surface area contributed by atoms with Crippen LogP contribution in [0.2, 0.25) is 0 Å². The normalized spacial score (nSPS) is 17.9. The SMILES string of the molecule is CCOC(=O)[C@]1(C(=O)C(N)Cc2cccc(C(=N)NS(=O)(=O)c3ccc4c(c3)CN(Cc3ccccc3)CC4)c2)CC(C)=CCN1.O=C(O)O. The highest BCUT2D eigenvalue weighted by atomic mass is 32.2. The van der Waals surface area contributed by atoms with Gasteiger partial charge in [0.25, 0.3) is 10.0 Å². The van der Waals surface area contributed by atoms with Crippen LogP contribution in [-0.2, 0) is 50.3 Å². The number of esters is 1. The summed E-state index contributed by atoms with van der Waals surface area (Å²) in [6, 6.07) is 20.9. The molecule has 7 N–H and O–H groups in total. The van der Waals surface area contributed by atoms with Crippen LogP contribution in [0.4, 0.5) is 4.79 Å². The predicted molar refractivity (Wildman–Crippen MR) is 187 cm³/mol. The first-order chi connectivity index (χ1) is 23.7. The third kappa shape index (κ3) is 9.63. The summed E-state index contributed by atoms with van der Waals surface area (Å²) in [4.78, 5) is 37.5. The molecule has 0 saturated carbocycles. The fourth-order valence-corrected chi connectivity index (χ4v) is 7.18. The van der Waals surface area contributed by atoms with Crippen LogP contribution in [0.1, 0.15) is 48.1 Å². The third-order valence-electron chi connectivity index (χ3n) is 8.52. The summed E-state index contributed by atoms with van der Waals surface area (Å²) in [6.45, 7) is 6.31. The van der Waals surface area contributed by atoms with Gasteiger partial charge in [0.15, 0.2) is 11.3 Å². The van der Waals surface area contributed by atoms with Crippen molar-refractivity contribution in [3.63, 3.8) is 0 Å². The molecule has 5 rings (SSSR count). The third-order valence-corrected chi connectivity index (χ3v) is 9.86. The monoisotopic (exact) mass is 705 g/mol. The number of ether oxygens (including phenoxy) is 1. The molecular weight excluding hydrogens is 662 g/mol. The largest absolute Gasteiger partial charge is 0.503 e. The number of amidine groups is 1. The molecule has 1 unspecified atom stereocenters. The molecule has 14 heteroatoms. The molecule has 2 aliphatic heterocycles. The lowest BCUT2D eigenvalue weighted by atomic mass is 9.80. The molecule has 3 aromatic rings. The molecule has 0 saturated heterocycles. The van der Waals surface area contributed by atoms with Gasteiger partial charge in [0.05, 0.1) is 17.5 Å². The summed E-state index contributed by atoms with van der Waals surface area (Å²) in [7, 11) is -4.05. The molecule has 50 heavy (non-hydrogen) atoms. The molecule has 0 fully saturated rings. The van der Waals surface area contributed by atoms with Crippen molar-refractivity contribution in [2.45, 2.75) is 62.7 Å². The van der Waals surface area contributed by atoms with Crippen LogP contribution in [-0.4, -0.2) is 78.6 Å². The molecule has 3 aromatic carbocycles. The molecule has 266 valence electrons. The van der Waals surface area contributed by atoms with Crippen molar-refractivity contribution >= 4 is 33.8 Å². The van der Waals surface area contributed by atoms with E-state index < -0.39 is 39.5 Å². The molecule has 0 amide bonds. The average Bonchev–Trinajstić information content (AvgIpc) is 3.07. The van der Waals surface area contributed by atoms with Crippen LogP contribution in [0.15, 0.2) is 89.3 Å². The van der Waals surface area contributed by atoms with Crippen molar-refractivity contribution in [1.29, 1.82) is 5.41 Å². The quantitative estimate of drug-likeness (QED) is 0.0559. The first kappa shape index (κ1) is 37.9. The molecule has 0 aromatic heterocycles. The standard InChI is InChI=1S/C35H41N5O5S.CH2O3/c1-3-45-34(42)35(21-24(2)14-16-38-35)32(41)31(36)19-26-10-7-11-28(18-26)33(37)39-46(43,44)30-13-12-27-15-17-40(23-29(27)20-30)22-25-8-5-4-6-9-25;2-1(3)4/h4-14,18,20,31,38H,3,15-17,19,21-23,36H2,1-2H3,(H2,37,39);(H2,2,3,4)/t31?,35-;/m1./s1. The Kier molecular flexibility index (Phi) is 12.6. The smallest absolute Gasteiger partial charge is 0.464 e. The van der Waals surface area contributed by atoms with E-state index in [-0.39, 0.29) is 30.2 Å². The van der Waals surface area contributed by atoms with Gasteiger partial charge in [0.1, 0.15) is 5.84 Å². The number of nitrogens with one attached hydrogen (secondary N) is 3. The Morgan fingerprint density at radius 3 is 2.42 bits per heavy atom. The van der Waals surface area contributed by atoms with Crippen molar-refractivity contribution < 1.29 is 37.8 Å². The van der Waals surface area contributed by atoms with Crippen molar-refractivity contribution in [2.24, 2.45) is 5.73 Å². The highest BCUT2D eigenvalue weighted by Crippen LogP contribution is 2.26. The van der Waals surface area contributed by atoms with Gasteiger partial charge < -0.3 is 20.7 Å². The lowest BCUT2D eigenvalue weighted by Crippen LogP contribution is -2.64. The van der Waals surface area contributed by atoms with Crippen LogP contribution in [0.3, 0.4) is 0 Å². The highest BCUT2D eigenvalue weighted by molar-refractivity contribution is 7.90. The highest BCUT2D eigenvalue weighted by Gasteiger charge is 2.49. The molecule has 2 heterocycles.